The highest BCUT2D eigenvalue weighted by Gasteiger charge is 2.32. The molecule has 0 bridgehead atoms. The molecule has 0 atom stereocenters. The van der Waals surface area contributed by atoms with E-state index in [4.69, 9.17) is 17.3 Å². The summed E-state index contributed by atoms with van der Waals surface area (Å²) in [6.07, 6.45) is 4.97. The number of rotatable bonds is 1. The highest BCUT2D eigenvalue weighted by Crippen LogP contribution is 2.39. The van der Waals surface area contributed by atoms with Crippen LogP contribution in [0.5, 0.6) is 0 Å². The molecule has 0 radical (unpaired) electrons. The molecule has 1 aliphatic carbocycles. The summed E-state index contributed by atoms with van der Waals surface area (Å²) >= 11 is 9.10. The highest BCUT2D eigenvalue weighted by molar-refractivity contribution is 9.10. The first-order chi connectivity index (χ1) is 7.54. The maximum absolute atomic E-state index is 14.1. The number of hydrogen-bond acceptors (Lipinski definition) is 1. The minimum Gasteiger partial charge on any atom is -0.321 e. The molecule has 0 unspecified atom stereocenters. The van der Waals surface area contributed by atoms with E-state index in [1.54, 1.807) is 12.1 Å². The van der Waals surface area contributed by atoms with Gasteiger partial charge in [0.05, 0.1) is 5.02 Å². The number of nitrogens with two attached hydrogens (primary N) is 1. The van der Waals surface area contributed by atoms with Gasteiger partial charge in [-0.3, -0.25) is 0 Å². The minimum absolute atomic E-state index is 0.132. The fourth-order valence-electron chi connectivity index (χ4n) is 2.36. The monoisotopic (exact) mass is 305 g/mol. The van der Waals surface area contributed by atoms with Gasteiger partial charge in [-0.15, -0.1) is 0 Å². The van der Waals surface area contributed by atoms with Gasteiger partial charge in [0.15, 0.2) is 0 Å². The summed E-state index contributed by atoms with van der Waals surface area (Å²) in [4.78, 5) is 0. The van der Waals surface area contributed by atoms with Crippen molar-refractivity contribution in [3.8, 4) is 0 Å². The van der Waals surface area contributed by atoms with Crippen molar-refractivity contribution < 1.29 is 4.39 Å². The molecule has 1 aromatic carbocycles. The van der Waals surface area contributed by atoms with Crippen LogP contribution in [0.25, 0.3) is 0 Å². The van der Waals surface area contributed by atoms with Gasteiger partial charge in [-0.2, -0.15) is 0 Å². The Kier molecular flexibility index (Phi) is 3.57. The number of halogens is 3. The summed E-state index contributed by atoms with van der Waals surface area (Å²) in [6, 6.07) is 3.51. The molecular formula is C12H14BrClFN. The SMILES string of the molecule is NC1(c2ccc(Br)c(Cl)c2F)CCCCC1. The van der Waals surface area contributed by atoms with Gasteiger partial charge in [0.25, 0.3) is 0 Å². The van der Waals surface area contributed by atoms with Crippen molar-refractivity contribution in [2.24, 2.45) is 5.73 Å². The Hall–Kier alpha value is -0.120. The first-order valence-electron chi connectivity index (χ1n) is 5.47. The van der Waals surface area contributed by atoms with Gasteiger partial charge in [-0.05, 0) is 34.8 Å². The lowest BCUT2D eigenvalue weighted by molar-refractivity contribution is 0.293. The third-order valence-corrected chi connectivity index (χ3v) is 4.58. The standard InChI is InChI=1S/C12H14BrClFN/c13-9-5-4-8(11(15)10(9)14)12(16)6-2-1-3-7-12/h4-5H,1-3,6-7,16H2. The molecule has 1 aliphatic rings. The molecule has 2 N–H and O–H groups in total. The van der Waals surface area contributed by atoms with E-state index in [1.807, 2.05) is 0 Å². The molecular weight excluding hydrogens is 292 g/mol. The second-order valence-corrected chi connectivity index (χ2v) is 5.67. The first-order valence-corrected chi connectivity index (χ1v) is 6.64. The quantitative estimate of drug-likeness (QED) is 0.767. The molecule has 16 heavy (non-hydrogen) atoms. The Morgan fingerprint density at radius 2 is 1.88 bits per heavy atom. The zero-order valence-corrected chi connectivity index (χ0v) is 11.2. The molecule has 1 aromatic rings. The lowest BCUT2D eigenvalue weighted by atomic mass is 9.77. The molecule has 0 aliphatic heterocycles. The molecule has 0 spiro atoms. The summed E-state index contributed by atoms with van der Waals surface area (Å²) in [5.41, 5.74) is 6.31. The predicted octanol–water partition coefficient (Wildman–Crippen LogP) is 4.36. The van der Waals surface area contributed by atoms with E-state index < -0.39 is 5.54 Å². The Bertz CT molecular complexity index is 402. The molecule has 88 valence electrons. The van der Waals surface area contributed by atoms with Gasteiger partial charge in [-0.25, -0.2) is 4.39 Å². The van der Waals surface area contributed by atoms with Crippen molar-refractivity contribution in [3.63, 3.8) is 0 Å². The predicted molar refractivity (Wildman–Crippen MR) is 68.1 cm³/mol. The van der Waals surface area contributed by atoms with Crippen molar-refractivity contribution in [1.82, 2.24) is 0 Å². The van der Waals surface area contributed by atoms with Crippen LogP contribution in [0.15, 0.2) is 16.6 Å². The van der Waals surface area contributed by atoms with Crippen LogP contribution in [-0.4, -0.2) is 0 Å². The zero-order chi connectivity index (χ0) is 11.8. The van der Waals surface area contributed by atoms with E-state index in [0.717, 1.165) is 25.7 Å². The second kappa shape index (κ2) is 4.63. The Labute approximate surface area is 108 Å². The van der Waals surface area contributed by atoms with E-state index >= 15 is 0 Å². The third-order valence-electron chi connectivity index (χ3n) is 3.32. The van der Waals surface area contributed by atoms with E-state index in [0.29, 0.717) is 10.0 Å². The van der Waals surface area contributed by atoms with Gasteiger partial charge < -0.3 is 5.73 Å². The largest absolute Gasteiger partial charge is 0.321 e. The van der Waals surface area contributed by atoms with Crippen LogP contribution in [0.4, 0.5) is 4.39 Å². The minimum atomic E-state index is -0.535. The fraction of sp³-hybridized carbons (Fsp3) is 0.500. The Balaban J connectivity index is 2.43. The summed E-state index contributed by atoms with van der Waals surface area (Å²) < 4.78 is 14.6. The molecule has 2 rings (SSSR count). The van der Waals surface area contributed by atoms with Gasteiger partial charge in [0.2, 0.25) is 0 Å². The van der Waals surface area contributed by atoms with Gasteiger partial charge in [-0.1, -0.05) is 36.9 Å². The average molecular weight is 307 g/mol. The molecule has 1 fully saturated rings. The van der Waals surface area contributed by atoms with Crippen molar-refractivity contribution in [2.75, 3.05) is 0 Å². The summed E-state index contributed by atoms with van der Waals surface area (Å²) in [5, 5.41) is 0.132. The van der Waals surface area contributed by atoms with Crippen LogP contribution in [0.3, 0.4) is 0 Å². The van der Waals surface area contributed by atoms with Crippen LogP contribution < -0.4 is 5.73 Å². The van der Waals surface area contributed by atoms with E-state index in [9.17, 15) is 4.39 Å². The van der Waals surface area contributed by atoms with Crippen molar-refractivity contribution in [2.45, 2.75) is 37.6 Å². The van der Waals surface area contributed by atoms with Crippen LogP contribution in [0, 0.1) is 5.82 Å². The average Bonchev–Trinajstić information content (AvgIpc) is 2.27. The lowest BCUT2D eigenvalue weighted by Gasteiger charge is -2.34. The summed E-state index contributed by atoms with van der Waals surface area (Å²) in [6.45, 7) is 0. The maximum Gasteiger partial charge on any atom is 0.147 e. The van der Waals surface area contributed by atoms with Gasteiger partial charge >= 0.3 is 0 Å². The molecule has 0 heterocycles. The van der Waals surface area contributed by atoms with E-state index in [-0.39, 0.29) is 10.8 Å². The van der Waals surface area contributed by atoms with Crippen molar-refractivity contribution in [3.05, 3.63) is 33.0 Å². The van der Waals surface area contributed by atoms with E-state index in [1.165, 1.54) is 6.42 Å². The maximum atomic E-state index is 14.1. The van der Waals surface area contributed by atoms with Crippen molar-refractivity contribution >= 4 is 27.5 Å². The van der Waals surface area contributed by atoms with E-state index in [2.05, 4.69) is 15.9 Å². The summed E-state index contributed by atoms with van der Waals surface area (Å²) in [5.74, 6) is -0.375. The Morgan fingerprint density at radius 3 is 2.50 bits per heavy atom. The lowest BCUT2D eigenvalue weighted by Crippen LogP contribution is -2.39. The van der Waals surface area contributed by atoms with Gasteiger partial charge in [0.1, 0.15) is 5.82 Å². The fourth-order valence-corrected chi connectivity index (χ4v) is 2.83. The molecule has 4 heteroatoms. The molecule has 0 amide bonds. The second-order valence-electron chi connectivity index (χ2n) is 4.44. The smallest absolute Gasteiger partial charge is 0.147 e. The third kappa shape index (κ3) is 2.13. The zero-order valence-electron chi connectivity index (χ0n) is 8.90. The Morgan fingerprint density at radius 1 is 1.25 bits per heavy atom. The highest BCUT2D eigenvalue weighted by atomic mass is 79.9. The van der Waals surface area contributed by atoms with Crippen LogP contribution in [0.1, 0.15) is 37.7 Å². The normalized spacial score (nSPS) is 19.8. The number of benzene rings is 1. The van der Waals surface area contributed by atoms with Crippen LogP contribution in [0.2, 0.25) is 5.02 Å². The molecule has 0 aromatic heterocycles. The molecule has 1 nitrogen and oxygen atoms in total. The molecule has 0 saturated heterocycles. The van der Waals surface area contributed by atoms with Gasteiger partial charge in [0, 0.05) is 15.6 Å². The molecule has 1 saturated carbocycles. The van der Waals surface area contributed by atoms with Crippen molar-refractivity contribution in [1.29, 1.82) is 0 Å². The van der Waals surface area contributed by atoms with Crippen LogP contribution >= 0.6 is 27.5 Å². The van der Waals surface area contributed by atoms with Crippen LogP contribution in [-0.2, 0) is 5.54 Å². The summed E-state index contributed by atoms with van der Waals surface area (Å²) in [7, 11) is 0. The topological polar surface area (TPSA) is 26.0 Å². The first kappa shape index (κ1) is 12.3. The number of hydrogen-bond donors (Lipinski definition) is 1.